The van der Waals surface area contributed by atoms with Gasteiger partial charge in [0, 0.05) is 39.3 Å². The van der Waals surface area contributed by atoms with Crippen LogP contribution in [-0.4, -0.2) is 45.2 Å². The van der Waals surface area contributed by atoms with Gasteiger partial charge in [-0.1, -0.05) is 0 Å². The number of methoxy groups -OCH3 is 1. The van der Waals surface area contributed by atoms with Crippen molar-refractivity contribution in [1.82, 2.24) is 10.2 Å². The summed E-state index contributed by atoms with van der Waals surface area (Å²) in [6, 6.07) is 4.50. The van der Waals surface area contributed by atoms with Crippen molar-refractivity contribution in [3.05, 3.63) is 23.3 Å². The van der Waals surface area contributed by atoms with Crippen LogP contribution in [0.25, 0.3) is 0 Å². The molecule has 1 saturated heterocycles. The van der Waals surface area contributed by atoms with Crippen LogP contribution >= 0.6 is 0 Å². The summed E-state index contributed by atoms with van der Waals surface area (Å²) in [6.45, 7) is 6.36. The van der Waals surface area contributed by atoms with Crippen molar-refractivity contribution in [2.45, 2.75) is 13.1 Å². The second-order valence-corrected chi connectivity index (χ2v) is 5.19. The van der Waals surface area contributed by atoms with Gasteiger partial charge in [0.05, 0.1) is 12.8 Å². The van der Waals surface area contributed by atoms with Gasteiger partial charge in [-0.25, -0.2) is 0 Å². The third-order valence-corrected chi connectivity index (χ3v) is 3.98. The summed E-state index contributed by atoms with van der Waals surface area (Å²) in [5.74, 6) is 1.02. The Hall–Kier alpha value is -1.26. The molecule has 0 atom stereocenters. The molecule has 3 rings (SSSR count). The lowest BCUT2D eigenvalue weighted by Crippen LogP contribution is -2.44. The van der Waals surface area contributed by atoms with Crippen LogP contribution in [0.5, 0.6) is 5.75 Å². The smallest absolute Gasteiger partial charge is 0.142 e. The van der Waals surface area contributed by atoms with Crippen molar-refractivity contribution in [3.8, 4) is 5.75 Å². The van der Waals surface area contributed by atoms with Gasteiger partial charge >= 0.3 is 0 Å². The molecule has 0 unspecified atom stereocenters. The minimum Gasteiger partial charge on any atom is -0.495 e. The number of nitrogens with zero attached hydrogens (tertiary/aromatic N) is 2. The number of rotatable bonds is 2. The highest BCUT2D eigenvalue weighted by Gasteiger charge is 2.21. The number of hydrogen-bond donors (Lipinski definition) is 1. The number of anilines is 1. The Bertz CT molecular complexity index is 439. The molecule has 1 fully saturated rings. The molecule has 4 nitrogen and oxygen atoms in total. The summed E-state index contributed by atoms with van der Waals surface area (Å²) in [4.78, 5) is 4.81. The molecule has 2 aliphatic rings. The Balaban J connectivity index is 1.90. The summed E-state index contributed by atoms with van der Waals surface area (Å²) < 4.78 is 5.57. The van der Waals surface area contributed by atoms with E-state index >= 15 is 0 Å². The van der Waals surface area contributed by atoms with Crippen LogP contribution < -0.4 is 15.0 Å². The Morgan fingerprint density at radius 3 is 2.39 bits per heavy atom. The molecule has 4 heteroatoms. The molecule has 2 heterocycles. The van der Waals surface area contributed by atoms with Crippen LogP contribution in [0.4, 0.5) is 5.69 Å². The van der Waals surface area contributed by atoms with Crippen molar-refractivity contribution >= 4 is 5.69 Å². The molecule has 2 aliphatic heterocycles. The molecule has 0 aliphatic carbocycles. The van der Waals surface area contributed by atoms with Gasteiger partial charge in [-0.05, 0) is 30.3 Å². The van der Waals surface area contributed by atoms with Crippen LogP contribution in [-0.2, 0) is 13.1 Å². The molecule has 0 aromatic heterocycles. The van der Waals surface area contributed by atoms with E-state index in [-0.39, 0.29) is 0 Å². The Morgan fingerprint density at radius 1 is 1.06 bits per heavy atom. The Labute approximate surface area is 109 Å². The summed E-state index contributed by atoms with van der Waals surface area (Å²) in [7, 11) is 3.95. The molecule has 1 aromatic rings. The lowest BCUT2D eigenvalue weighted by molar-refractivity contribution is 0.311. The fraction of sp³-hybridized carbons (Fsp3) is 0.571. The van der Waals surface area contributed by atoms with E-state index in [4.69, 9.17) is 4.74 Å². The third kappa shape index (κ3) is 2.06. The average molecular weight is 247 g/mol. The average Bonchev–Trinajstić information content (AvgIpc) is 2.85. The van der Waals surface area contributed by atoms with E-state index in [1.165, 1.54) is 16.8 Å². The lowest BCUT2D eigenvalue weighted by Gasteiger charge is -2.35. The summed E-state index contributed by atoms with van der Waals surface area (Å²) >= 11 is 0. The first kappa shape index (κ1) is 11.8. The predicted molar refractivity (Wildman–Crippen MR) is 73.2 cm³/mol. The normalized spacial score (nSPS) is 20.0. The monoisotopic (exact) mass is 247 g/mol. The van der Waals surface area contributed by atoms with E-state index in [2.05, 4.69) is 34.3 Å². The Morgan fingerprint density at radius 2 is 1.72 bits per heavy atom. The highest BCUT2D eigenvalue weighted by atomic mass is 16.5. The standard InChI is InChI=1S/C14H21N3O/c1-16-3-5-17(6-4-16)13-7-11-9-15-10-12(11)8-14(13)18-2/h7-8,15H,3-6,9-10H2,1-2H3. The molecule has 98 valence electrons. The minimum absolute atomic E-state index is 0.967. The number of ether oxygens (including phenoxy) is 1. The molecule has 0 bridgehead atoms. The third-order valence-electron chi connectivity index (χ3n) is 3.98. The van der Waals surface area contributed by atoms with E-state index in [1.54, 1.807) is 7.11 Å². The lowest BCUT2D eigenvalue weighted by atomic mass is 10.1. The molecule has 1 aromatic carbocycles. The van der Waals surface area contributed by atoms with Crippen LogP contribution in [0.1, 0.15) is 11.1 Å². The summed E-state index contributed by atoms with van der Waals surface area (Å²) in [6.07, 6.45) is 0. The van der Waals surface area contributed by atoms with Gasteiger partial charge in [0.15, 0.2) is 0 Å². The van der Waals surface area contributed by atoms with Crippen molar-refractivity contribution < 1.29 is 4.74 Å². The zero-order valence-electron chi connectivity index (χ0n) is 11.2. The molecular formula is C14H21N3O. The first-order valence-corrected chi connectivity index (χ1v) is 6.62. The van der Waals surface area contributed by atoms with Crippen LogP contribution in [0.15, 0.2) is 12.1 Å². The maximum atomic E-state index is 5.57. The van der Waals surface area contributed by atoms with Crippen molar-refractivity contribution in [2.24, 2.45) is 0 Å². The van der Waals surface area contributed by atoms with Gasteiger partial charge < -0.3 is 19.9 Å². The topological polar surface area (TPSA) is 27.7 Å². The second kappa shape index (κ2) is 4.78. The number of piperazine rings is 1. The predicted octanol–water partition coefficient (Wildman–Crippen LogP) is 1.05. The van der Waals surface area contributed by atoms with Crippen LogP contribution in [0, 0.1) is 0 Å². The first-order chi connectivity index (χ1) is 8.78. The molecule has 1 N–H and O–H groups in total. The number of likely N-dealkylation sites (N-methyl/N-ethyl adjacent to an activating group) is 1. The van der Waals surface area contributed by atoms with Gasteiger partial charge in [-0.3, -0.25) is 0 Å². The highest BCUT2D eigenvalue weighted by Crippen LogP contribution is 2.34. The van der Waals surface area contributed by atoms with E-state index in [9.17, 15) is 0 Å². The zero-order chi connectivity index (χ0) is 12.5. The quantitative estimate of drug-likeness (QED) is 0.845. The van der Waals surface area contributed by atoms with E-state index in [0.717, 1.165) is 45.0 Å². The second-order valence-electron chi connectivity index (χ2n) is 5.19. The molecule has 0 radical (unpaired) electrons. The van der Waals surface area contributed by atoms with Crippen molar-refractivity contribution in [2.75, 3.05) is 45.2 Å². The zero-order valence-corrected chi connectivity index (χ0v) is 11.2. The van der Waals surface area contributed by atoms with Gasteiger partial charge in [0.25, 0.3) is 0 Å². The van der Waals surface area contributed by atoms with Gasteiger partial charge in [0.1, 0.15) is 5.75 Å². The maximum absolute atomic E-state index is 5.57. The van der Waals surface area contributed by atoms with Gasteiger partial charge in [-0.15, -0.1) is 0 Å². The number of benzene rings is 1. The summed E-state index contributed by atoms with van der Waals surface area (Å²) in [5, 5.41) is 3.39. The first-order valence-electron chi connectivity index (χ1n) is 6.62. The molecule has 0 saturated carbocycles. The van der Waals surface area contributed by atoms with Crippen LogP contribution in [0.2, 0.25) is 0 Å². The fourth-order valence-electron chi connectivity index (χ4n) is 2.77. The van der Waals surface area contributed by atoms with Crippen LogP contribution in [0.3, 0.4) is 0 Å². The van der Waals surface area contributed by atoms with E-state index in [1.807, 2.05) is 0 Å². The summed E-state index contributed by atoms with van der Waals surface area (Å²) in [5.41, 5.74) is 4.06. The van der Waals surface area contributed by atoms with Crippen molar-refractivity contribution in [1.29, 1.82) is 0 Å². The highest BCUT2D eigenvalue weighted by molar-refractivity contribution is 5.63. The Kier molecular flexibility index (Phi) is 3.14. The number of nitrogens with one attached hydrogen (secondary N) is 1. The van der Waals surface area contributed by atoms with E-state index < -0.39 is 0 Å². The number of hydrogen-bond acceptors (Lipinski definition) is 4. The fourth-order valence-corrected chi connectivity index (χ4v) is 2.77. The molecule has 0 spiro atoms. The minimum atomic E-state index is 0.967. The molecular weight excluding hydrogens is 226 g/mol. The molecule has 18 heavy (non-hydrogen) atoms. The number of fused-ring (bicyclic) bond motifs is 1. The van der Waals surface area contributed by atoms with Gasteiger partial charge in [-0.2, -0.15) is 0 Å². The maximum Gasteiger partial charge on any atom is 0.142 e. The largest absolute Gasteiger partial charge is 0.495 e. The van der Waals surface area contributed by atoms with Gasteiger partial charge in [0.2, 0.25) is 0 Å². The van der Waals surface area contributed by atoms with Crippen molar-refractivity contribution in [3.63, 3.8) is 0 Å². The van der Waals surface area contributed by atoms with E-state index in [0.29, 0.717) is 0 Å². The molecule has 0 amide bonds. The SMILES string of the molecule is COc1cc2c(cc1N1CCN(C)CC1)CNC2.